The smallest absolute Gasteiger partial charge is 0.238 e. The normalized spacial score (nSPS) is 11.3. The minimum absolute atomic E-state index is 0.0175. The molecule has 3 N–H and O–H groups in total. The van der Waals surface area contributed by atoms with Crippen molar-refractivity contribution >= 4 is 15.7 Å². The van der Waals surface area contributed by atoms with Crippen LogP contribution in [-0.2, 0) is 23.6 Å². The molecule has 0 aliphatic rings. The number of hydrogen-bond donors (Lipinski definition) is 2. The van der Waals surface area contributed by atoms with Crippen molar-refractivity contribution in [2.24, 2.45) is 12.2 Å². The average Bonchev–Trinajstić information content (AvgIpc) is 2.80. The molecule has 1 aromatic carbocycles. The van der Waals surface area contributed by atoms with E-state index < -0.39 is 10.0 Å². The summed E-state index contributed by atoms with van der Waals surface area (Å²) in [4.78, 5) is 0.0175. The van der Waals surface area contributed by atoms with E-state index in [9.17, 15) is 8.42 Å². The van der Waals surface area contributed by atoms with Gasteiger partial charge >= 0.3 is 0 Å². The van der Waals surface area contributed by atoms with Crippen molar-refractivity contribution in [1.29, 1.82) is 0 Å². The quantitative estimate of drug-likeness (QED) is 0.808. The predicted molar refractivity (Wildman–Crippen MR) is 72.7 cm³/mol. The monoisotopic (exact) mass is 297 g/mol. The number of nitrogens with one attached hydrogen (secondary N) is 1. The fraction of sp³-hybridized carbons (Fsp3) is 0.273. The average molecular weight is 297 g/mol. The molecular weight excluding hydrogens is 282 g/mol. The molecule has 0 fully saturated rings. The lowest BCUT2D eigenvalue weighted by molar-refractivity contribution is 0.416. The number of methoxy groups -OCH3 is 1. The molecule has 8 nitrogen and oxygen atoms in total. The van der Waals surface area contributed by atoms with E-state index >= 15 is 0 Å². The van der Waals surface area contributed by atoms with Crippen molar-refractivity contribution < 1.29 is 13.2 Å². The molecule has 0 saturated heterocycles. The van der Waals surface area contributed by atoms with E-state index in [2.05, 4.69) is 15.6 Å². The Morgan fingerprint density at radius 1 is 1.45 bits per heavy atom. The standard InChI is InChI=1S/C11H15N5O3S/c1-16-8(7-14-15-16)6-13-10-5-9(20(12,17)18)3-4-11(10)19-2/h3-5,7,13H,6H2,1-2H3,(H2,12,17,18). The molecule has 0 aliphatic carbocycles. The van der Waals surface area contributed by atoms with Crippen LogP contribution < -0.4 is 15.2 Å². The van der Waals surface area contributed by atoms with E-state index in [1.165, 1.54) is 19.2 Å². The van der Waals surface area contributed by atoms with Gasteiger partial charge in [0.15, 0.2) is 0 Å². The van der Waals surface area contributed by atoms with Crippen LogP contribution in [0.1, 0.15) is 5.69 Å². The second-order valence-electron chi connectivity index (χ2n) is 4.11. The number of nitrogens with two attached hydrogens (primary N) is 1. The van der Waals surface area contributed by atoms with Gasteiger partial charge in [0.25, 0.3) is 0 Å². The van der Waals surface area contributed by atoms with Crippen LogP contribution in [0.3, 0.4) is 0 Å². The Morgan fingerprint density at radius 2 is 2.20 bits per heavy atom. The molecule has 9 heteroatoms. The Bertz CT molecular complexity index is 711. The van der Waals surface area contributed by atoms with Crippen LogP contribution in [-0.4, -0.2) is 30.5 Å². The van der Waals surface area contributed by atoms with Crippen LogP contribution >= 0.6 is 0 Å². The minimum atomic E-state index is -3.76. The van der Waals surface area contributed by atoms with Gasteiger partial charge < -0.3 is 10.1 Å². The molecule has 0 amide bonds. The Morgan fingerprint density at radius 3 is 2.75 bits per heavy atom. The van der Waals surface area contributed by atoms with Crippen LogP contribution in [0.25, 0.3) is 0 Å². The number of aromatic nitrogens is 3. The van der Waals surface area contributed by atoms with E-state index in [1.54, 1.807) is 24.0 Å². The molecule has 1 heterocycles. The molecule has 0 aliphatic heterocycles. The van der Waals surface area contributed by atoms with Crippen molar-refractivity contribution in [2.45, 2.75) is 11.4 Å². The molecule has 0 atom stereocenters. The molecule has 1 aromatic heterocycles. The van der Waals surface area contributed by atoms with Gasteiger partial charge in [0.05, 0.1) is 36.1 Å². The van der Waals surface area contributed by atoms with E-state index in [0.717, 1.165) is 5.69 Å². The van der Waals surface area contributed by atoms with E-state index in [4.69, 9.17) is 9.88 Å². The Hall–Kier alpha value is -2.13. The summed E-state index contributed by atoms with van der Waals surface area (Å²) in [5.41, 5.74) is 1.37. The SMILES string of the molecule is COc1ccc(S(N)(=O)=O)cc1NCc1cnnn1C. The molecular formula is C11H15N5O3S. The van der Waals surface area contributed by atoms with Gasteiger partial charge in [0, 0.05) is 7.05 Å². The highest BCUT2D eigenvalue weighted by Crippen LogP contribution is 2.27. The number of benzene rings is 1. The van der Waals surface area contributed by atoms with E-state index in [-0.39, 0.29) is 4.90 Å². The van der Waals surface area contributed by atoms with E-state index in [0.29, 0.717) is 18.0 Å². The number of sulfonamides is 1. The number of aryl methyl sites for hydroxylation is 1. The Labute approximate surface area is 116 Å². The van der Waals surface area contributed by atoms with E-state index in [1.807, 2.05) is 0 Å². The third-order valence-electron chi connectivity index (χ3n) is 2.77. The number of rotatable bonds is 5. The first kappa shape index (κ1) is 14.3. The summed E-state index contributed by atoms with van der Waals surface area (Å²) in [6.45, 7) is 0.425. The first-order valence-corrected chi connectivity index (χ1v) is 7.24. The molecule has 0 bridgehead atoms. The Kier molecular flexibility index (Phi) is 3.91. The lowest BCUT2D eigenvalue weighted by atomic mass is 10.3. The zero-order chi connectivity index (χ0) is 14.8. The van der Waals surface area contributed by atoms with Crippen LogP contribution in [0, 0.1) is 0 Å². The maximum absolute atomic E-state index is 11.4. The third-order valence-corrected chi connectivity index (χ3v) is 3.68. The van der Waals surface area contributed by atoms with Gasteiger partial charge in [-0.1, -0.05) is 5.21 Å². The van der Waals surface area contributed by atoms with Gasteiger partial charge in [-0.2, -0.15) is 0 Å². The molecule has 2 rings (SSSR count). The zero-order valence-corrected chi connectivity index (χ0v) is 11.9. The molecule has 0 spiro atoms. The Balaban J connectivity index is 2.27. The second kappa shape index (κ2) is 5.47. The van der Waals surface area contributed by atoms with Crippen LogP contribution in [0.5, 0.6) is 5.75 Å². The second-order valence-corrected chi connectivity index (χ2v) is 5.67. The van der Waals surface area contributed by atoms with Gasteiger partial charge in [-0.05, 0) is 18.2 Å². The number of anilines is 1. The molecule has 0 radical (unpaired) electrons. The van der Waals surface area contributed by atoms with Gasteiger partial charge in [-0.25, -0.2) is 13.6 Å². The summed E-state index contributed by atoms with van der Waals surface area (Å²) in [6.07, 6.45) is 1.61. The zero-order valence-electron chi connectivity index (χ0n) is 11.1. The van der Waals surface area contributed by atoms with Gasteiger partial charge in [0.1, 0.15) is 5.75 Å². The fourth-order valence-corrected chi connectivity index (χ4v) is 2.20. The van der Waals surface area contributed by atoms with Crippen molar-refractivity contribution in [3.05, 3.63) is 30.1 Å². The van der Waals surface area contributed by atoms with Crippen molar-refractivity contribution in [2.75, 3.05) is 12.4 Å². The molecule has 0 saturated carbocycles. The molecule has 2 aromatic rings. The summed E-state index contributed by atoms with van der Waals surface area (Å²) in [7, 11) is -0.487. The number of hydrogen-bond acceptors (Lipinski definition) is 6. The van der Waals surface area contributed by atoms with Gasteiger partial charge in [-0.15, -0.1) is 5.10 Å². The fourth-order valence-electron chi connectivity index (χ4n) is 1.66. The summed E-state index contributed by atoms with van der Waals surface area (Å²) >= 11 is 0. The van der Waals surface area contributed by atoms with Crippen molar-refractivity contribution in [1.82, 2.24) is 15.0 Å². The first-order valence-electron chi connectivity index (χ1n) is 5.70. The van der Waals surface area contributed by atoms with Crippen LogP contribution in [0.2, 0.25) is 0 Å². The lowest BCUT2D eigenvalue weighted by Crippen LogP contribution is -2.13. The highest BCUT2D eigenvalue weighted by Gasteiger charge is 2.12. The summed E-state index contributed by atoms with van der Waals surface area (Å²) in [6, 6.07) is 4.37. The van der Waals surface area contributed by atoms with Crippen LogP contribution in [0.15, 0.2) is 29.3 Å². The predicted octanol–water partition coefficient (Wildman–Crippen LogP) is 0.0832. The summed E-state index contributed by atoms with van der Waals surface area (Å²) in [5.74, 6) is 0.521. The highest BCUT2D eigenvalue weighted by atomic mass is 32.2. The first-order chi connectivity index (χ1) is 9.41. The molecule has 0 unspecified atom stereocenters. The number of nitrogens with zero attached hydrogens (tertiary/aromatic N) is 3. The number of primary sulfonamides is 1. The van der Waals surface area contributed by atoms with Gasteiger partial charge in [-0.3, -0.25) is 4.68 Å². The molecule has 20 heavy (non-hydrogen) atoms. The summed E-state index contributed by atoms with van der Waals surface area (Å²) < 4.78 is 29.5. The maximum atomic E-state index is 11.4. The van der Waals surface area contributed by atoms with Crippen LogP contribution in [0.4, 0.5) is 5.69 Å². The minimum Gasteiger partial charge on any atom is -0.495 e. The molecule has 108 valence electrons. The largest absolute Gasteiger partial charge is 0.495 e. The number of ether oxygens (including phenoxy) is 1. The van der Waals surface area contributed by atoms with Crippen molar-refractivity contribution in [3.8, 4) is 5.75 Å². The topological polar surface area (TPSA) is 112 Å². The third kappa shape index (κ3) is 3.06. The lowest BCUT2D eigenvalue weighted by Gasteiger charge is -2.12. The maximum Gasteiger partial charge on any atom is 0.238 e. The highest BCUT2D eigenvalue weighted by molar-refractivity contribution is 7.89. The summed E-state index contributed by atoms with van der Waals surface area (Å²) in [5, 5.41) is 15.8. The van der Waals surface area contributed by atoms with Crippen molar-refractivity contribution in [3.63, 3.8) is 0 Å². The van der Waals surface area contributed by atoms with Gasteiger partial charge in [0.2, 0.25) is 10.0 Å².